The summed E-state index contributed by atoms with van der Waals surface area (Å²) >= 11 is 0. The monoisotopic (exact) mass is 321 g/mol. The van der Waals surface area contributed by atoms with Gasteiger partial charge in [-0.3, -0.25) is 4.79 Å². The van der Waals surface area contributed by atoms with Gasteiger partial charge in [0.2, 0.25) is 0 Å². The van der Waals surface area contributed by atoms with E-state index in [1.165, 1.54) is 0 Å². The first-order valence-electron chi connectivity index (χ1n) is 6.97. The molecule has 126 valence electrons. The second-order valence-corrected chi connectivity index (χ2v) is 4.78. The summed E-state index contributed by atoms with van der Waals surface area (Å²) < 4.78 is 5.07. The van der Waals surface area contributed by atoms with Crippen molar-refractivity contribution >= 4 is 5.97 Å². The van der Waals surface area contributed by atoms with Gasteiger partial charge in [0, 0.05) is 0 Å². The van der Waals surface area contributed by atoms with Gasteiger partial charge in [0.15, 0.2) is 0 Å². The van der Waals surface area contributed by atoms with Crippen LogP contribution in [0.5, 0.6) is 0 Å². The second-order valence-electron chi connectivity index (χ2n) is 4.78. The predicted molar refractivity (Wildman–Crippen MR) is 70.6 cm³/mol. The lowest BCUT2D eigenvalue weighted by Gasteiger charge is -2.14. The van der Waals surface area contributed by atoms with Gasteiger partial charge >= 0.3 is 5.97 Å². The molecule has 1 rings (SSSR count). The number of hydrogen-bond acceptors (Lipinski definition) is 9. The van der Waals surface area contributed by atoms with Crippen molar-refractivity contribution in [1.29, 1.82) is 0 Å². The summed E-state index contributed by atoms with van der Waals surface area (Å²) in [4.78, 5) is 40.2. The van der Waals surface area contributed by atoms with Crippen molar-refractivity contribution in [2.75, 3.05) is 19.8 Å². The topological polar surface area (TPSA) is 143 Å². The highest BCUT2D eigenvalue weighted by atomic mass is 17.0. The van der Waals surface area contributed by atoms with Crippen molar-refractivity contribution in [2.24, 2.45) is 0 Å². The first kappa shape index (κ1) is 17.9. The van der Waals surface area contributed by atoms with E-state index in [-0.39, 0.29) is 25.0 Å². The Balaban J connectivity index is 2.14. The van der Waals surface area contributed by atoms with E-state index >= 15 is 0 Å². The molecule has 1 N–H and O–H groups in total. The number of hydrogen-bond donors (Lipinski definition) is 1. The van der Waals surface area contributed by atoms with Crippen molar-refractivity contribution in [3.05, 3.63) is 20.2 Å². The maximum atomic E-state index is 11.6. The van der Waals surface area contributed by atoms with Gasteiger partial charge in [-0.2, -0.15) is 0 Å². The third kappa shape index (κ3) is 7.57. The number of rotatable bonds is 11. The van der Waals surface area contributed by atoms with Crippen LogP contribution >= 0.6 is 0 Å². The summed E-state index contributed by atoms with van der Waals surface area (Å²) in [7, 11) is 0. The van der Waals surface area contributed by atoms with Gasteiger partial charge in [0.25, 0.3) is 10.2 Å². The number of nitrogens with one attached hydrogen (secondary N) is 1. The third-order valence-corrected chi connectivity index (χ3v) is 3.11. The minimum absolute atomic E-state index is 0.189. The SMILES string of the molecule is O=C(OCCCC[C@H](CO[N+](=O)[O-])O[N+](=O)[O-])C1CCCN1. The molecule has 22 heavy (non-hydrogen) atoms. The van der Waals surface area contributed by atoms with Crippen LogP contribution in [0.4, 0.5) is 0 Å². The molecule has 1 heterocycles. The molecule has 1 aliphatic heterocycles. The summed E-state index contributed by atoms with van der Waals surface area (Å²) in [6.45, 7) is 0.480. The van der Waals surface area contributed by atoms with Gasteiger partial charge < -0.3 is 19.7 Å². The smallest absolute Gasteiger partial charge is 0.323 e. The third-order valence-electron chi connectivity index (χ3n) is 3.11. The lowest BCUT2D eigenvalue weighted by Crippen LogP contribution is -2.32. The predicted octanol–water partition coefficient (Wildman–Crippen LogP) is 0.237. The maximum absolute atomic E-state index is 11.6. The zero-order chi connectivity index (χ0) is 16.4. The van der Waals surface area contributed by atoms with Crippen LogP contribution in [0.15, 0.2) is 0 Å². The highest BCUT2D eigenvalue weighted by Gasteiger charge is 2.23. The fourth-order valence-corrected chi connectivity index (χ4v) is 2.07. The second kappa shape index (κ2) is 9.71. The molecule has 2 atom stereocenters. The van der Waals surface area contributed by atoms with Gasteiger partial charge in [-0.1, -0.05) is 0 Å². The molecular formula is C11H19N3O8. The number of carbonyl (C=O) groups is 1. The van der Waals surface area contributed by atoms with E-state index < -0.39 is 22.9 Å². The Morgan fingerprint density at radius 1 is 1.27 bits per heavy atom. The molecule has 0 aliphatic carbocycles. The van der Waals surface area contributed by atoms with Gasteiger partial charge in [-0.05, 0) is 38.6 Å². The molecule has 0 radical (unpaired) electrons. The molecule has 0 spiro atoms. The first-order chi connectivity index (χ1) is 10.5. The lowest BCUT2D eigenvalue weighted by molar-refractivity contribution is -0.790. The van der Waals surface area contributed by atoms with E-state index in [1.807, 2.05) is 0 Å². The average Bonchev–Trinajstić information content (AvgIpc) is 2.97. The molecular weight excluding hydrogens is 302 g/mol. The summed E-state index contributed by atoms with van der Waals surface area (Å²) in [5.41, 5.74) is 0. The zero-order valence-corrected chi connectivity index (χ0v) is 12.0. The molecule has 1 aliphatic rings. The van der Waals surface area contributed by atoms with Crippen LogP contribution in [0, 0.1) is 20.2 Å². The highest BCUT2D eigenvalue weighted by molar-refractivity contribution is 5.76. The van der Waals surface area contributed by atoms with Crippen molar-refractivity contribution in [3.63, 3.8) is 0 Å². The molecule has 0 bridgehead atoms. The quantitative estimate of drug-likeness (QED) is 0.245. The fourth-order valence-electron chi connectivity index (χ4n) is 2.07. The number of nitrogens with zero attached hydrogens (tertiary/aromatic N) is 2. The van der Waals surface area contributed by atoms with Crippen LogP contribution < -0.4 is 5.32 Å². The summed E-state index contributed by atoms with van der Waals surface area (Å²) in [6, 6.07) is -0.251. The van der Waals surface area contributed by atoms with Gasteiger partial charge in [-0.25, -0.2) is 0 Å². The highest BCUT2D eigenvalue weighted by Crippen LogP contribution is 2.09. The molecule has 1 fully saturated rings. The van der Waals surface area contributed by atoms with Crippen LogP contribution in [-0.4, -0.2) is 48.0 Å². The van der Waals surface area contributed by atoms with Crippen LogP contribution in [-0.2, 0) is 19.2 Å². The average molecular weight is 321 g/mol. The zero-order valence-electron chi connectivity index (χ0n) is 12.0. The van der Waals surface area contributed by atoms with Gasteiger partial charge in [0.1, 0.15) is 18.8 Å². The molecule has 0 saturated carbocycles. The molecule has 1 unspecified atom stereocenters. The Morgan fingerprint density at radius 3 is 2.64 bits per heavy atom. The summed E-state index contributed by atoms with van der Waals surface area (Å²) in [5.74, 6) is -0.299. The largest absolute Gasteiger partial charge is 0.465 e. The van der Waals surface area contributed by atoms with E-state index in [9.17, 15) is 25.0 Å². The molecule has 1 saturated heterocycles. The maximum Gasteiger partial charge on any atom is 0.323 e. The van der Waals surface area contributed by atoms with E-state index in [1.54, 1.807) is 0 Å². The normalized spacial score (nSPS) is 18.5. The Morgan fingerprint density at radius 2 is 2.05 bits per heavy atom. The van der Waals surface area contributed by atoms with Crippen LogP contribution in [0.2, 0.25) is 0 Å². The fraction of sp³-hybridized carbons (Fsp3) is 0.909. The van der Waals surface area contributed by atoms with Crippen molar-refractivity contribution in [3.8, 4) is 0 Å². The molecule has 0 aromatic rings. The Bertz CT molecular complexity index is 386. The number of unbranched alkanes of at least 4 members (excludes halogenated alkanes) is 1. The van der Waals surface area contributed by atoms with Crippen molar-refractivity contribution < 1.29 is 29.4 Å². The van der Waals surface area contributed by atoms with E-state index in [0.29, 0.717) is 12.8 Å². The first-order valence-corrected chi connectivity index (χ1v) is 6.97. The number of ether oxygens (including phenoxy) is 1. The Kier molecular flexibility index (Phi) is 7.89. The van der Waals surface area contributed by atoms with E-state index in [2.05, 4.69) is 15.0 Å². The summed E-state index contributed by atoms with van der Waals surface area (Å²) in [5, 5.41) is 21.3. The van der Waals surface area contributed by atoms with Crippen molar-refractivity contribution in [2.45, 2.75) is 44.2 Å². The van der Waals surface area contributed by atoms with Crippen LogP contribution in [0.3, 0.4) is 0 Å². The van der Waals surface area contributed by atoms with Gasteiger partial charge in [-0.15, -0.1) is 20.2 Å². The molecule has 0 aromatic heterocycles. The Labute approximate surface area is 126 Å². The molecule has 11 heteroatoms. The van der Waals surface area contributed by atoms with E-state index in [4.69, 9.17) is 4.74 Å². The molecule has 0 amide bonds. The van der Waals surface area contributed by atoms with Crippen LogP contribution in [0.1, 0.15) is 32.1 Å². The number of carbonyl (C=O) groups excluding carboxylic acids is 1. The number of esters is 1. The van der Waals surface area contributed by atoms with E-state index in [0.717, 1.165) is 19.4 Å². The summed E-state index contributed by atoms with van der Waals surface area (Å²) in [6.07, 6.45) is 1.80. The minimum Gasteiger partial charge on any atom is -0.465 e. The van der Waals surface area contributed by atoms with Gasteiger partial charge in [0.05, 0.1) is 6.61 Å². The minimum atomic E-state index is -1.04. The Hall–Kier alpha value is -2.17. The van der Waals surface area contributed by atoms with Crippen molar-refractivity contribution in [1.82, 2.24) is 5.32 Å². The lowest BCUT2D eigenvalue weighted by atomic mass is 10.1. The molecule has 0 aromatic carbocycles. The van der Waals surface area contributed by atoms with Crippen LogP contribution in [0.25, 0.3) is 0 Å². The molecule has 11 nitrogen and oxygen atoms in total. The standard InChI is InChI=1S/C11H19N3O8/c15-11(10-5-3-6-12-10)20-7-2-1-4-9(22-14(18)19)8-21-13(16)17/h9-10,12H,1-8H2/t9-,10?/m1/s1.